The van der Waals surface area contributed by atoms with Crippen LogP contribution in [0.2, 0.25) is 0 Å². The van der Waals surface area contributed by atoms with Crippen molar-refractivity contribution in [1.29, 1.82) is 0 Å². The normalized spacial score (nSPS) is 22.6. The zero-order chi connectivity index (χ0) is 14.3. The fourth-order valence-electron chi connectivity index (χ4n) is 2.49. The molecule has 1 aromatic heterocycles. The molecule has 0 radical (unpaired) electrons. The van der Waals surface area contributed by atoms with E-state index in [4.69, 9.17) is 0 Å². The van der Waals surface area contributed by atoms with Gasteiger partial charge in [-0.3, -0.25) is 4.79 Å². The Kier molecular flexibility index (Phi) is 3.14. The monoisotopic (exact) mass is 335 g/mol. The third-order valence-corrected chi connectivity index (χ3v) is 4.09. The highest BCUT2D eigenvalue weighted by molar-refractivity contribution is 9.10. The fraction of sp³-hybridized carbons (Fsp3) is 0.286. The molecule has 1 amide bonds. The summed E-state index contributed by atoms with van der Waals surface area (Å²) in [6.45, 7) is 0.566. The van der Waals surface area contributed by atoms with Gasteiger partial charge in [-0.15, -0.1) is 0 Å². The Balaban J connectivity index is 2.02. The second-order valence-corrected chi connectivity index (χ2v) is 5.80. The molecule has 6 heteroatoms. The summed E-state index contributed by atoms with van der Waals surface area (Å²) in [4.78, 5) is 17.8. The molecule has 1 aromatic carbocycles. The predicted molar refractivity (Wildman–Crippen MR) is 77.4 cm³/mol. The van der Waals surface area contributed by atoms with Crippen molar-refractivity contribution in [1.82, 2.24) is 14.5 Å². The Morgan fingerprint density at radius 1 is 1.45 bits per heavy atom. The van der Waals surface area contributed by atoms with Crippen molar-refractivity contribution in [3.63, 3.8) is 0 Å². The van der Waals surface area contributed by atoms with E-state index in [1.807, 2.05) is 29.0 Å². The van der Waals surface area contributed by atoms with E-state index in [-0.39, 0.29) is 5.91 Å². The van der Waals surface area contributed by atoms with Gasteiger partial charge in [0.05, 0.1) is 0 Å². The Bertz CT molecular complexity index is 670. The molecule has 1 aliphatic heterocycles. The van der Waals surface area contributed by atoms with Gasteiger partial charge in [-0.1, -0.05) is 12.1 Å². The van der Waals surface area contributed by atoms with Crippen LogP contribution >= 0.6 is 15.9 Å². The summed E-state index contributed by atoms with van der Waals surface area (Å²) in [5, 5.41) is 10.7. The largest absolute Gasteiger partial charge is 0.375 e. The maximum atomic E-state index is 12.1. The molecule has 2 heterocycles. The number of imidazole rings is 1. The van der Waals surface area contributed by atoms with Crippen molar-refractivity contribution < 1.29 is 9.90 Å². The molecular weight excluding hydrogens is 322 g/mol. The van der Waals surface area contributed by atoms with Gasteiger partial charge in [-0.25, -0.2) is 4.98 Å². The second-order valence-electron chi connectivity index (χ2n) is 4.99. The minimum absolute atomic E-state index is 0.249. The average Bonchev–Trinajstić information content (AvgIpc) is 3.00. The van der Waals surface area contributed by atoms with Crippen molar-refractivity contribution in [2.45, 2.75) is 12.0 Å². The Labute approximate surface area is 125 Å². The third kappa shape index (κ3) is 2.05. The summed E-state index contributed by atoms with van der Waals surface area (Å²) in [5.74, 6) is -0.249. The molecule has 2 aromatic rings. The number of carbonyl (C=O) groups excluding carboxylic acids is 1. The number of halogens is 1. The fourth-order valence-corrected chi connectivity index (χ4v) is 2.80. The molecule has 0 aliphatic carbocycles. The summed E-state index contributed by atoms with van der Waals surface area (Å²) in [6.07, 6.45) is 3.92. The SMILES string of the molecule is CN1CCC(O)(c2cccc(-n3cnc(Br)c3)c2)C1=O. The summed E-state index contributed by atoms with van der Waals surface area (Å²) in [6, 6.07) is 7.35. The molecule has 1 fully saturated rings. The van der Waals surface area contributed by atoms with Gasteiger partial charge in [0.1, 0.15) is 10.9 Å². The van der Waals surface area contributed by atoms with Crippen LogP contribution in [-0.2, 0) is 10.4 Å². The number of nitrogens with zero attached hydrogens (tertiary/aromatic N) is 3. The topological polar surface area (TPSA) is 58.4 Å². The highest BCUT2D eigenvalue weighted by atomic mass is 79.9. The van der Waals surface area contributed by atoms with Crippen molar-refractivity contribution in [3.8, 4) is 5.69 Å². The smallest absolute Gasteiger partial charge is 0.258 e. The third-order valence-electron chi connectivity index (χ3n) is 3.68. The van der Waals surface area contributed by atoms with Crippen LogP contribution in [0, 0.1) is 0 Å². The van der Waals surface area contributed by atoms with E-state index in [1.54, 1.807) is 24.3 Å². The maximum absolute atomic E-state index is 12.1. The average molecular weight is 336 g/mol. The van der Waals surface area contributed by atoms with Gasteiger partial charge in [-0.05, 0) is 33.6 Å². The first-order valence-corrected chi connectivity index (χ1v) is 7.08. The van der Waals surface area contributed by atoms with Crippen LogP contribution in [0.4, 0.5) is 0 Å². The molecule has 1 unspecified atom stereocenters. The van der Waals surface area contributed by atoms with Gasteiger partial charge in [0.15, 0.2) is 5.60 Å². The Morgan fingerprint density at radius 3 is 2.85 bits per heavy atom. The number of aliphatic hydroxyl groups is 1. The lowest BCUT2D eigenvalue weighted by molar-refractivity contribution is -0.143. The molecule has 1 saturated heterocycles. The van der Waals surface area contributed by atoms with Crippen molar-refractivity contribution in [2.75, 3.05) is 13.6 Å². The highest BCUT2D eigenvalue weighted by Gasteiger charge is 2.45. The van der Waals surface area contributed by atoms with E-state index < -0.39 is 5.60 Å². The van der Waals surface area contributed by atoms with E-state index in [9.17, 15) is 9.90 Å². The lowest BCUT2D eigenvalue weighted by atomic mass is 9.92. The van der Waals surface area contributed by atoms with E-state index in [0.717, 1.165) is 10.3 Å². The van der Waals surface area contributed by atoms with Crippen molar-refractivity contribution in [3.05, 3.63) is 47.0 Å². The summed E-state index contributed by atoms with van der Waals surface area (Å²) >= 11 is 3.30. The zero-order valence-corrected chi connectivity index (χ0v) is 12.5. The predicted octanol–water partition coefficient (Wildman–Crippen LogP) is 1.68. The lowest BCUT2D eigenvalue weighted by Crippen LogP contribution is -2.36. The summed E-state index contributed by atoms with van der Waals surface area (Å²) in [7, 11) is 1.71. The quantitative estimate of drug-likeness (QED) is 0.908. The Morgan fingerprint density at radius 2 is 2.25 bits per heavy atom. The van der Waals surface area contributed by atoms with Crippen LogP contribution in [0.5, 0.6) is 0 Å². The number of likely N-dealkylation sites (N-methyl/N-ethyl adjacent to an activating group) is 1. The van der Waals surface area contributed by atoms with Crippen LogP contribution in [0.3, 0.4) is 0 Å². The number of likely N-dealkylation sites (tertiary alicyclic amines) is 1. The molecule has 0 spiro atoms. The van der Waals surface area contributed by atoms with Gasteiger partial charge in [0.2, 0.25) is 0 Å². The molecule has 1 atom stereocenters. The molecule has 104 valence electrons. The van der Waals surface area contributed by atoms with Gasteiger partial charge in [0.25, 0.3) is 5.91 Å². The van der Waals surface area contributed by atoms with E-state index in [2.05, 4.69) is 20.9 Å². The number of benzene rings is 1. The number of hydrogen-bond donors (Lipinski definition) is 1. The molecule has 1 N–H and O–H groups in total. The first kappa shape index (κ1) is 13.3. The lowest BCUT2D eigenvalue weighted by Gasteiger charge is -2.21. The number of aromatic nitrogens is 2. The van der Waals surface area contributed by atoms with Crippen LogP contribution in [0.25, 0.3) is 5.69 Å². The van der Waals surface area contributed by atoms with Crippen LogP contribution < -0.4 is 0 Å². The van der Waals surface area contributed by atoms with Crippen LogP contribution in [-0.4, -0.2) is 39.1 Å². The van der Waals surface area contributed by atoms with Gasteiger partial charge in [-0.2, -0.15) is 0 Å². The summed E-state index contributed by atoms with van der Waals surface area (Å²) in [5.41, 5.74) is 0.0633. The molecule has 0 bridgehead atoms. The van der Waals surface area contributed by atoms with Crippen LogP contribution in [0.1, 0.15) is 12.0 Å². The van der Waals surface area contributed by atoms with E-state index >= 15 is 0 Å². The van der Waals surface area contributed by atoms with Gasteiger partial charge in [0, 0.05) is 31.9 Å². The number of carbonyl (C=O) groups is 1. The molecule has 0 saturated carbocycles. The van der Waals surface area contributed by atoms with Crippen LogP contribution in [0.15, 0.2) is 41.4 Å². The molecule has 1 aliphatic rings. The van der Waals surface area contributed by atoms with Crippen molar-refractivity contribution >= 4 is 21.8 Å². The summed E-state index contributed by atoms with van der Waals surface area (Å²) < 4.78 is 2.57. The standard InChI is InChI=1S/C14H14BrN3O2/c1-17-6-5-14(20,13(17)19)10-3-2-4-11(7-10)18-8-12(15)16-9-18/h2-4,7-9,20H,5-6H2,1H3. The number of hydrogen-bond acceptors (Lipinski definition) is 3. The molecular formula is C14H14BrN3O2. The first-order chi connectivity index (χ1) is 9.50. The highest BCUT2D eigenvalue weighted by Crippen LogP contribution is 2.33. The second kappa shape index (κ2) is 4.71. The maximum Gasteiger partial charge on any atom is 0.258 e. The van der Waals surface area contributed by atoms with Crippen molar-refractivity contribution in [2.24, 2.45) is 0 Å². The molecule has 20 heavy (non-hydrogen) atoms. The van der Waals surface area contributed by atoms with E-state index in [1.165, 1.54) is 0 Å². The first-order valence-electron chi connectivity index (χ1n) is 6.29. The minimum atomic E-state index is -1.41. The number of rotatable bonds is 2. The Hall–Kier alpha value is -1.66. The molecule has 3 rings (SSSR count). The van der Waals surface area contributed by atoms with Gasteiger partial charge < -0.3 is 14.6 Å². The van der Waals surface area contributed by atoms with Gasteiger partial charge >= 0.3 is 0 Å². The minimum Gasteiger partial charge on any atom is -0.375 e. The van der Waals surface area contributed by atoms with E-state index in [0.29, 0.717) is 18.5 Å². The molecule has 5 nitrogen and oxygen atoms in total. The number of amides is 1. The zero-order valence-electron chi connectivity index (χ0n) is 11.0.